The van der Waals surface area contributed by atoms with Crippen LogP contribution in [-0.4, -0.2) is 21.9 Å². The van der Waals surface area contributed by atoms with Gasteiger partial charge in [0.15, 0.2) is 6.61 Å². The van der Waals surface area contributed by atoms with Gasteiger partial charge in [-0.25, -0.2) is 0 Å². The third-order valence-electron chi connectivity index (χ3n) is 3.73. The fourth-order valence-electron chi connectivity index (χ4n) is 2.42. The number of carbonyl (C=O) groups is 1. The maximum Gasteiger partial charge on any atom is 0.277 e. The van der Waals surface area contributed by atoms with Crippen LogP contribution in [0.4, 0.5) is 5.69 Å². The first kappa shape index (κ1) is 20.5. The standard InChI is InChI=1S/C19H17Cl2N3O3S/c1-11-4-3-5-12(2)18(11)26-9-17-23-24-19(27-17)28-10-16(25)22-15-7-6-13(20)8-14(15)21/h3-8H,9-10H2,1-2H3,(H,22,25). The van der Waals surface area contributed by atoms with E-state index in [-0.39, 0.29) is 23.5 Å². The second-order valence-corrected chi connectivity index (χ2v) is 7.70. The summed E-state index contributed by atoms with van der Waals surface area (Å²) in [5.74, 6) is 0.986. The van der Waals surface area contributed by atoms with Crippen LogP contribution in [0.2, 0.25) is 10.0 Å². The Morgan fingerprint density at radius 2 is 1.93 bits per heavy atom. The van der Waals surface area contributed by atoms with Gasteiger partial charge in [0.25, 0.3) is 11.1 Å². The molecule has 0 spiro atoms. The van der Waals surface area contributed by atoms with Gasteiger partial charge in [-0.15, -0.1) is 10.2 Å². The van der Waals surface area contributed by atoms with Crippen LogP contribution in [0, 0.1) is 13.8 Å². The fourth-order valence-corrected chi connectivity index (χ4v) is 3.46. The van der Waals surface area contributed by atoms with Gasteiger partial charge in [-0.1, -0.05) is 53.2 Å². The molecule has 9 heteroatoms. The first-order valence-corrected chi connectivity index (χ1v) is 10.1. The Morgan fingerprint density at radius 3 is 2.64 bits per heavy atom. The zero-order valence-corrected chi connectivity index (χ0v) is 17.5. The Morgan fingerprint density at radius 1 is 1.18 bits per heavy atom. The number of hydrogen-bond acceptors (Lipinski definition) is 6. The Bertz CT molecular complexity index is 974. The molecular weight excluding hydrogens is 421 g/mol. The molecule has 1 N–H and O–H groups in total. The third kappa shape index (κ3) is 5.41. The SMILES string of the molecule is Cc1cccc(C)c1OCc1nnc(SCC(=O)Nc2ccc(Cl)cc2Cl)o1. The van der Waals surface area contributed by atoms with Crippen molar-refractivity contribution in [3.05, 3.63) is 63.5 Å². The largest absolute Gasteiger partial charge is 0.483 e. The molecule has 0 saturated heterocycles. The van der Waals surface area contributed by atoms with Crippen LogP contribution in [0.5, 0.6) is 5.75 Å². The molecule has 0 fully saturated rings. The summed E-state index contributed by atoms with van der Waals surface area (Å²) in [4.78, 5) is 12.1. The molecule has 0 aliphatic carbocycles. The van der Waals surface area contributed by atoms with E-state index >= 15 is 0 Å². The number of aromatic nitrogens is 2. The monoisotopic (exact) mass is 437 g/mol. The Kier molecular flexibility index (Phi) is 6.83. The molecule has 0 bridgehead atoms. The zero-order valence-electron chi connectivity index (χ0n) is 15.2. The summed E-state index contributed by atoms with van der Waals surface area (Å²) in [5, 5.41) is 11.7. The van der Waals surface area contributed by atoms with Crippen LogP contribution >= 0.6 is 35.0 Å². The Hall–Kier alpha value is -2.22. The number of thioether (sulfide) groups is 1. The second kappa shape index (κ2) is 9.32. The number of aryl methyl sites for hydroxylation is 2. The number of halogens is 2. The number of amides is 1. The molecule has 2 aromatic carbocycles. The topological polar surface area (TPSA) is 77.2 Å². The van der Waals surface area contributed by atoms with E-state index in [2.05, 4.69) is 15.5 Å². The van der Waals surface area contributed by atoms with E-state index in [0.29, 0.717) is 21.6 Å². The van der Waals surface area contributed by atoms with E-state index in [0.717, 1.165) is 28.6 Å². The van der Waals surface area contributed by atoms with Crippen molar-refractivity contribution >= 4 is 46.6 Å². The summed E-state index contributed by atoms with van der Waals surface area (Å²) in [7, 11) is 0. The molecule has 0 atom stereocenters. The summed E-state index contributed by atoms with van der Waals surface area (Å²) in [6.45, 7) is 4.11. The number of rotatable bonds is 7. The van der Waals surface area contributed by atoms with Gasteiger partial charge in [0, 0.05) is 5.02 Å². The lowest BCUT2D eigenvalue weighted by molar-refractivity contribution is -0.113. The molecule has 146 valence electrons. The first-order chi connectivity index (χ1) is 13.4. The zero-order chi connectivity index (χ0) is 20.1. The van der Waals surface area contributed by atoms with Gasteiger partial charge in [-0.2, -0.15) is 0 Å². The number of nitrogens with zero attached hydrogens (tertiary/aromatic N) is 2. The second-order valence-electron chi connectivity index (χ2n) is 5.93. The molecule has 0 radical (unpaired) electrons. The van der Waals surface area contributed by atoms with Gasteiger partial charge >= 0.3 is 0 Å². The van der Waals surface area contributed by atoms with Gasteiger partial charge in [0.2, 0.25) is 5.91 Å². The number of ether oxygens (including phenoxy) is 1. The van der Waals surface area contributed by atoms with E-state index in [1.165, 1.54) is 0 Å². The normalized spacial score (nSPS) is 10.7. The summed E-state index contributed by atoms with van der Waals surface area (Å²) < 4.78 is 11.3. The molecule has 1 amide bonds. The smallest absolute Gasteiger partial charge is 0.277 e. The molecule has 0 aliphatic heterocycles. The lowest BCUT2D eigenvalue weighted by atomic mass is 10.1. The quantitative estimate of drug-likeness (QED) is 0.505. The van der Waals surface area contributed by atoms with Crippen LogP contribution in [0.15, 0.2) is 46.0 Å². The number of carbonyl (C=O) groups excluding carboxylic acids is 1. The average molecular weight is 438 g/mol. The highest BCUT2D eigenvalue weighted by atomic mass is 35.5. The molecule has 1 aromatic heterocycles. The van der Waals surface area contributed by atoms with E-state index < -0.39 is 0 Å². The number of para-hydroxylation sites is 1. The summed E-state index contributed by atoms with van der Waals surface area (Å²) >= 11 is 13.0. The van der Waals surface area contributed by atoms with Crippen molar-refractivity contribution in [2.45, 2.75) is 25.7 Å². The van der Waals surface area contributed by atoms with Crippen LogP contribution in [0.1, 0.15) is 17.0 Å². The average Bonchev–Trinajstić information content (AvgIpc) is 3.10. The molecule has 1 heterocycles. The third-order valence-corrected chi connectivity index (χ3v) is 5.10. The van der Waals surface area contributed by atoms with Crippen LogP contribution in [-0.2, 0) is 11.4 Å². The predicted octanol–water partition coefficient (Wildman–Crippen LogP) is 5.30. The Balaban J connectivity index is 1.51. The highest BCUT2D eigenvalue weighted by Gasteiger charge is 2.12. The number of hydrogen-bond donors (Lipinski definition) is 1. The van der Waals surface area contributed by atoms with Crippen molar-refractivity contribution in [3.8, 4) is 5.75 Å². The van der Waals surface area contributed by atoms with Gasteiger partial charge in [-0.05, 0) is 43.2 Å². The minimum absolute atomic E-state index is 0.0956. The van der Waals surface area contributed by atoms with Crippen LogP contribution < -0.4 is 10.1 Å². The highest BCUT2D eigenvalue weighted by Crippen LogP contribution is 2.26. The minimum Gasteiger partial charge on any atom is -0.483 e. The first-order valence-electron chi connectivity index (χ1n) is 8.31. The molecule has 0 saturated carbocycles. The van der Waals surface area contributed by atoms with Gasteiger partial charge in [0.05, 0.1) is 16.5 Å². The van der Waals surface area contributed by atoms with Crippen molar-refractivity contribution < 1.29 is 13.9 Å². The molecule has 3 rings (SSSR count). The number of nitrogens with one attached hydrogen (secondary N) is 1. The van der Waals surface area contributed by atoms with Crippen molar-refractivity contribution in [2.24, 2.45) is 0 Å². The van der Waals surface area contributed by atoms with Crippen LogP contribution in [0.25, 0.3) is 0 Å². The molecule has 28 heavy (non-hydrogen) atoms. The van der Waals surface area contributed by atoms with Crippen molar-refractivity contribution in [2.75, 3.05) is 11.1 Å². The predicted molar refractivity (Wildman–Crippen MR) is 110 cm³/mol. The summed E-state index contributed by atoms with van der Waals surface area (Å²) in [5.41, 5.74) is 2.56. The lowest BCUT2D eigenvalue weighted by Crippen LogP contribution is -2.14. The van der Waals surface area contributed by atoms with E-state index in [1.54, 1.807) is 18.2 Å². The van der Waals surface area contributed by atoms with E-state index in [1.807, 2.05) is 32.0 Å². The van der Waals surface area contributed by atoms with Gasteiger partial charge < -0.3 is 14.5 Å². The number of benzene rings is 2. The molecule has 3 aromatic rings. The summed E-state index contributed by atoms with van der Waals surface area (Å²) in [6.07, 6.45) is 0. The van der Waals surface area contributed by atoms with Crippen LogP contribution in [0.3, 0.4) is 0 Å². The molecular formula is C19H17Cl2N3O3S. The van der Waals surface area contributed by atoms with Gasteiger partial charge in [0.1, 0.15) is 5.75 Å². The van der Waals surface area contributed by atoms with Crippen molar-refractivity contribution in [1.29, 1.82) is 0 Å². The number of anilines is 1. The Labute approximate surface area is 176 Å². The van der Waals surface area contributed by atoms with E-state index in [4.69, 9.17) is 32.4 Å². The summed E-state index contributed by atoms with van der Waals surface area (Å²) in [6, 6.07) is 10.8. The van der Waals surface area contributed by atoms with Crippen molar-refractivity contribution in [1.82, 2.24) is 10.2 Å². The lowest BCUT2D eigenvalue weighted by Gasteiger charge is -2.09. The van der Waals surface area contributed by atoms with Gasteiger partial charge in [-0.3, -0.25) is 4.79 Å². The molecule has 0 unspecified atom stereocenters. The van der Waals surface area contributed by atoms with Crippen molar-refractivity contribution in [3.63, 3.8) is 0 Å². The highest BCUT2D eigenvalue weighted by molar-refractivity contribution is 7.99. The molecule has 6 nitrogen and oxygen atoms in total. The van der Waals surface area contributed by atoms with E-state index in [9.17, 15) is 4.79 Å². The molecule has 0 aliphatic rings. The maximum absolute atomic E-state index is 12.1. The maximum atomic E-state index is 12.1. The minimum atomic E-state index is -0.249. The fraction of sp³-hybridized carbons (Fsp3) is 0.211.